The van der Waals surface area contributed by atoms with E-state index in [1.807, 2.05) is 57.0 Å². The van der Waals surface area contributed by atoms with Gasteiger partial charge in [-0.2, -0.15) is 9.90 Å². The number of nitrogens with two attached hydrogens (primary N) is 1. The first-order valence-electron chi connectivity index (χ1n) is 13.2. The third kappa shape index (κ3) is 8.96. The molecule has 1 amide bonds. The van der Waals surface area contributed by atoms with Gasteiger partial charge in [0.15, 0.2) is 12.2 Å². The minimum Gasteiger partial charge on any atom is -0.489 e. The van der Waals surface area contributed by atoms with Gasteiger partial charge in [0.05, 0.1) is 18.3 Å². The third-order valence-corrected chi connectivity index (χ3v) is 6.40. The van der Waals surface area contributed by atoms with Gasteiger partial charge in [-0.25, -0.2) is 14.6 Å². The van der Waals surface area contributed by atoms with Crippen LogP contribution in [0.5, 0.6) is 5.75 Å². The smallest absolute Gasteiger partial charge is 0.407 e. The Morgan fingerprint density at radius 3 is 2.65 bits per heavy atom. The maximum atomic E-state index is 11.8. The van der Waals surface area contributed by atoms with Crippen LogP contribution in [0.4, 0.5) is 9.93 Å². The predicted octanol–water partition coefficient (Wildman–Crippen LogP) is 2.07. The number of anilines is 1. The fourth-order valence-corrected chi connectivity index (χ4v) is 4.31. The van der Waals surface area contributed by atoms with E-state index in [1.54, 1.807) is 12.1 Å². The number of aromatic nitrogens is 7. The number of ether oxygens (including phenoxy) is 2. The molecule has 3 heterocycles. The predicted molar refractivity (Wildman–Crippen MR) is 154 cm³/mol. The lowest BCUT2D eigenvalue weighted by atomic mass is 10.1. The summed E-state index contributed by atoms with van der Waals surface area (Å²) in [5, 5.41) is 31.4. The molecule has 0 aliphatic carbocycles. The Morgan fingerprint density at radius 1 is 1.26 bits per heavy atom. The molecule has 0 bridgehead atoms. The van der Waals surface area contributed by atoms with Gasteiger partial charge in [0.2, 0.25) is 23.8 Å². The summed E-state index contributed by atoms with van der Waals surface area (Å²) >= 11 is 1.08. The summed E-state index contributed by atoms with van der Waals surface area (Å²) in [6, 6.07) is 7.43. The lowest BCUT2D eigenvalue weighted by molar-refractivity contribution is -0.753. The molecular formula is C26H33N10O6S+. The number of oxime groups is 1. The number of nitrogens with one attached hydrogen (secondary N) is 2. The maximum absolute atomic E-state index is 11.8. The van der Waals surface area contributed by atoms with E-state index >= 15 is 0 Å². The third-order valence-electron chi connectivity index (χ3n) is 5.73. The largest absolute Gasteiger partial charge is 0.489 e. The number of aryl methyl sites for hydroxylation is 2. The average molecular weight is 614 g/mol. The molecule has 4 aromatic rings. The number of thiazole rings is 1. The molecule has 0 saturated carbocycles. The Balaban J connectivity index is 1.34. The Kier molecular flexibility index (Phi) is 9.87. The van der Waals surface area contributed by atoms with Crippen molar-refractivity contribution in [3.8, 4) is 16.9 Å². The number of alkyl carbamates (subject to hydrolysis) is 1. The van der Waals surface area contributed by atoms with Crippen LogP contribution in [-0.2, 0) is 28.0 Å². The highest BCUT2D eigenvalue weighted by Gasteiger charge is 2.23. The lowest BCUT2D eigenvalue weighted by Crippen LogP contribution is -2.39. The van der Waals surface area contributed by atoms with E-state index in [2.05, 4.69) is 40.8 Å². The number of carboxylic acids is 1. The zero-order valence-electron chi connectivity index (χ0n) is 24.1. The fourth-order valence-electron chi connectivity index (χ4n) is 3.76. The molecule has 43 heavy (non-hydrogen) atoms. The van der Waals surface area contributed by atoms with Crippen LogP contribution in [0.25, 0.3) is 11.1 Å². The van der Waals surface area contributed by atoms with Gasteiger partial charge in [-0.3, -0.25) is 0 Å². The van der Waals surface area contributed by atoms with Gasteiger partial charge < -0.3 is 30.5 Å². The van der Waals surface area contributed by atoms with Crippen LogP contribution in [0.2, 0.25) is 0 Å². The van der Waals surface area contributed by atoms with Crippen LogP contribution in [0.1, 0.15) is 44.8 Å². The molecule has 17 heteroatoms. The second-order valence-electron chi connectivity index (χ2n) is 10.2. The van der Waals surface area contributed by atoms with E-state index in [-0.39, 0.29) is 23.3 Å². The number of aliphatic carboxylic acids is 1. The molecular weight excluding hydrogens is 580 g/mol. The van der Waals surface area contributed by atoms with E-state index in [9.17, 15) is 14.7 Å². The van der Waals surface area contributed by atoms with Crippen molar-refractivity contribution in [2.75, 3.05) is 18.9 Å². The number of nitrogens with zero attached hydrogens (tertiary/aromatic N) is 7. The van der Waals surface area contributed by atoms with Gasteiger partial charge in [0.1, 0.15) is 23.7 Å². The molecule has 1 aromatic carbocycles. The number of hydrogen-bond donors (Lipinski definition) is 4. The van der Waals surface area contributed by atoms with Crippen LogP contribution in [0.15, 0.2) is 47.2 Å². The van der Waals surface area contributed by atoms with Crippen LogP contribution >= 0.6 is 11.3 Å². The zero-order chi connectivity index (χ0) is 31.0. The first-order chi connectivity index (χ1) is 20.5. The van der Waals surface area contributed by atoms with Crippen LogP contribution in [0.3, 0.4) is 0 Å². The molecule has 0 spiro atoms. The Bertz CT molecular complexity index is 1540. The van der Waals surface area contributed by atoms with Gasteiger partial charge in [-0.1, -0.05) is 22.5 Å². The highest BCUT2D eigenvalue weighted by Crippen LogP contribution is 2.23. The molecule has 16 nitrogen and oxygen atoms in total. The number of carboxylic acid groups (broad SMARTS) is 1. The number of aromatic amines is 1. The highest BCUT2D eigenvalue weighted by atomic mass is 32.1. The van der Waals surface area contributed by atoms with Gasteiger partial charge in [-0.05, 0) is 44.9 Å². The number of H-pyrrole nitrogens is 1. The van der Waals surface area contributed by atoms with Crippen molar-refractivity contribution in [1.29, 1.82) is 0 Å². The Hall–Kier alpha value is -5.06. The van der Waals surface area contributed by atoms with Crippen LogP contribution in [-0.4, -0.2) is 71.9 Å². The van der Waals surface area contributed by atoms with Crippen molar-refractivity contribution in [3.05, 3.63) is 53.6 Å². The van der Waals surface area contributed by atoms with Crippen molar-refractivity contribution in [2.24, 2.45) is 12.2 Å². The summed E-state index contributed by atoms with van der Waals surface area (Å²) in [6.07, 6.45) is 3.36. The molecule has 228 valence electrons. The van der Waals surface area contributed by atoms with E-state index < -0.39 is 29.5 Å². The molecule has 0 fully saturated rings. The standard InChI is InChI=1S/C26H32N10O6S/c1-26(2,3)41-25(39)28-10-5-11-36-13-17(12-35(36)4)16-6-8-18(9-7-16)40-14-20(22-30-33-34-31-22)42-32-21(23(37)38)19-15-43-24(27)29-19/h6-9,12-13,15,20H,5,10-11,14H2,1-4H3,(H4-,27,28,29,30,31,33,34,37,38,39)/p+1/b32-21-. The number of rotatable bonds is 13. The number of carbonyl (C=O) groups is 2. The average Bonchev–Trinajstić information content (AvgIpc) is 3.70. The fraction of sp³-hybridized carbons (Fsp3) is 0.385. The number of nitrogen functional groups attached to an aromatic ring is 1. The number of carbonyl (C=O) groups excluding carboxylic acids is 1. The molecule has 1 unspecified atom stereocenters. The van der Waals surface area contributed by atoms with Crippen molar-refractivity contribution in [1.82, 2.24) is 35.6 Å². The number of amides is 1. The topological polar surface area (TPSA) is 209 Å². The summed E-state index contributed by atoms with van der Waals surface area (Å²) in [5.74, 6) is -0.681. The second kappa shape index (κ2) is 13.7. The van der Waals surface area contributed by atoms with E-state index in [0.717, 1.165) is 28.9 Å². The monoisotopic (exact) mass is 613 g/mol. The molecule has 0 aliphatic rings. The van der Waals surface area contributed by atoms with E-state index in [0.29, 0.717) is 18.8 Å². The summed E-state index contributed by atoms with van der Waals surface area (Å²) in [5.41, 5.74) is 6.69. The molecule has 4 rings (SSSR count). The molecule has 5 N–H and O–H groups in total. The first kappa shape index (κ1) is 30.9. The molecule has 0 aliphatic heterocycles. The normalized spacial score (nSPS) is 12.5. The number of hydrogen-bond acceptors (Lipinski definition) is 12. The number of tetrazole rings is 1. The zero-order valence-corrected chi connectivity index (χ0v) is 24.9. The van der Waals surface area contributed by atoms with E-state index in [1.165, 1.54) is 5.38 Å². The maximum Gasteiger partial charge on any atom is 0.407 e. The van der Waals surface area contributed by atoms with E-state index in [4.69, 9.17) is 20.0 Å². The quantitative estimate of drug-likeness (QED) is 0.0742. The summed E-state index contributed by atoms with van der Waals surface area (Å²) in [7, 11) is 1.95. The summed E-state index contributed by atoms with van der Waals surface area (Å²) in [6.45, 7) is 6.58. The van der Waals surface area contributed by atoms with Crippen molar-refractivity contribution in [2.45, 2.75) is 45.4 Å². The van der Waals surface area contributed by atoms with Crippen LogP contribution in [0, 0.1) is 0 Å². The van der Waals surface area contributed by atoms with Gasteiger partial charge in [0.25, 0.3) is 0 Å². The van der Waals surface area contributed by atoms with Crippen molar-refractivity contribution < 1.29 is 33.7 Å². The Labute approximate surface area is 250 Å². The van der Waals surface area contributed by atoms with Gasteiger partial charge in [-0.15, -0.1) is 26.2 Å². The molecule has 0 saturated heterocycles. The highest BCUT2D eigenvalue weighted by molar-refractivity contribution is 7.13. The van der Waals surface area contributed by atoms with Gasteiger partial charge >= 0.3 is 12.1 Å². The first-order valence-corrected chi connectivity index (χ1v) is 14.0. The minimum absolute atomic E-state index is 0.0677. The molecule has 0 radical (unpaired) electrons. The van der Waals surface area contributed by atoms with Crippen LogP contribution < -0.4 is 20.5 Å². The lowest BCUT2D eigenvalue weighted by Gasteiger charge is -2.19. The SMILES string of the molecule is C[n+]1cc(-c2ccc(OCC(O/N=C(\C(=O)O)c3csc(N)n3)c3nn[nH]n3)cc2)cn1CCCNC(=O)OC(C)(C)C. The summed E-state index contributed by atoms with van der Waals surface area (Å²) in [4.78, 5) is 32.9. The molecule has 3 aromatic heterocycles. The number of benzene rings is 1. The minimum atomic E-state index is -1.34. The van der Waals surface area contributed by atoms with Crippen molar-refractivity contribution >= 4 is 34.2 Å². The Morgan fingerprint density at radius 2 is 2.02 bits per heavy atom. The van der Waals surface area contributed by atoms with Crippen molar-refractivity contribution in [3.63, 3.8) is 0 Å². The second-order valence-corrected chi connectivity index (χ2v) is 11.1. The van der Waals surface area contributed by atoms with Gasteiger partial charge in [0, 0.05) is 11.9 Å². The molecule has 1 atom stereocenters. The summed E-state index contributed by atoms with van der Waals surface area (Å²) < 4.78 is 15.2.